The van der Waals surface area contributed by atoms with Gasteiger partial charge >= 0.3 is 141 Å². The van der Waals surface area contributed by atoms with E-state index in [1.54, 1.807) is 0 Å². The van der Waals surface area contributed by atoms with Gasteiger partial charge in [0, 0.05) is 0 Å². The van der Waals surface area contributed by atoms with Gasteiger partial charge in [-0.15, -0.1) is 0 Å². The van der Waals surface area contributed by atoms with Crippen LogP contribution in [0.2, 0.25) is 0 Å². The summed E-state index contributed by atoms with van der Waals surface area (Å²) in [6.45, 7) is -5.30. The third kappa shape index (κ3) is 3.72. The molecule has 5 nitrogen and oxygen atoms in total. The van der Waals surface area contributed by atoms with Crippen molar-refractivity contribution < 1.29 is 74.8 Å². The second-order valence-corrected chi connectivity index (χ2v) is 9.58. The van der Waals surface area contributed by atoms with Crippen LogP contribution in [0.5, 0.6) is 0 Å². The Morgan fingerprint density at radius 3 is 1.93 bits per heavy atom. The van der Waals surface area contributed by atoms with E-state index >= 15 is 0 Å². The molecule has 0 saturated carbocycles. The summed E-state index contributed by atoms with van der Waals surface area (Å²) in [6, 6.07) is 0. The molecule has 1 saturated heterocycles. The summed E-state index contributed by atoms with van der Waals surface area (Å²) in [5.41, 5.74) is 0. The quantitative estimate of drug-likeness (QED) is 0.301. The summed E-state index contributed by atoms with van der Waals surface area (Å²) in [6.07, 6.45) is -18.1. The van der Waals surface area contributed by atoms with Crippen LogP contribution in [0.1, 0.15) is 6.92 Å². The van der Waals surface area contributed by atoms with Crippen molar-refractivity contribution in [2.45, 2.75) is 42.5 Å². The van der Waals surface area contributed by atoms with Gasteiger partial charge in [-0.1, -0.05) is 0 Å². The number of rotatable bonds is 7. The molecular formula is C9H5CfF12O5S. The minimum absolute atomic E-state index is 0.0264. The number of ether oxygens (including phenoxy) is 3. The van der Waals surface area contributed by atoms with E-state index in [9.17, 15) is 60.6 Å². The van der Waals surface area contributed by atoms with Gasteiger partial charge in [0.2, 0.25) is 0 Å². The fourth-order valence-corrected chi connectivity index (χ4v) is 3.33. The monoisotopic (exact) mass is 702 g/mol. The van der Waals surface area contributed by atoms with E-state index in [1.165, 1.54) is 0 Å². The molecule has 0 spiro atoms. The fourth-order valence-electron chi connectivity index (χ4n) is 1.46. The Morgan fingerprint density at radius 1 is 1.07 bits per heavy atom. The van der Waals surface area contributed by atoms with Crippen LogP contribution >= 0.6 is 0 Å². The van der Waals surface area contributed by atoms with Crippen LogP contribution in [0, 0.1) is 0 Å². The van der Waals surface area contributed by atoms with Crippen molar-refractivity contribution in [1.82, 2.24) is 0 Å². The summed E-state index contributed by atoms with van der Waals surface area (Å²) in [5.74, 6) is -9.08. The predicted molar refractivity (Wildman–Crippen MR) is 57.4 cm³/mol. The molecule has 1 aliphatic rings. The Balaban J connectivity index is 3.24. The number of hydrogen-bond acceptors (Lipinski definition) is 5. The molecule has 0 aromatic rings. The van der Waals surface area contributed by atoms with Crippen LogP contribution in [0.4, 0.5) is 52.2 Å². The van der Waals surface area contributed by atoms with Gasteiger partial charge in [0.1, 0.15) is 0 Å². The molecule has 0 bridgehead atoms. The molecule has 0 N–H and O–H groups in total. The minimum atomic E-state index is -7.57. The standard InChI is InChI=1S/C8H5F10O5S.CF2.Cf/c1-4(3(9)10)21-2-5(11,22-4)6(12,13)23-7(14,15)8(16,17)24(18,19)20;2-1-3;/h2H2,1H3;;. The van der Waals surface area contributed by atoms with Crippen molar-refractivity contribution in [3.8, 4) is 0 Å². The zero-order valence-electron chi connectivity index (χ0n) is 12.5. The Hall–Kier alpha value is -2.14. The molecule has 1 heterocycles. The first kappa shape index (κ1) is 23.9. The van der Waals surface area contributed by atoms with Crippen molar-refractivity contribution in [3.63, 3.8) is 0 Å². The van der Waals surface area contributed by atoms with Crippen molar-refractivity contribution >= 4 is 17.2 Å². The van der Waals surface area contributed by atoms with Crippen molar-refractivity contribution in [2.75, 3.05) is 6.61 Å². The SMILES string of the molecule is CC1([C](F)(F)[Cf]=[C](F)F)OCC(F)(C(F)(F)OC(F)(F)C(F)(F)S(=O)(=O)F)O1. The normalized spacial score (nSPS) is 27.6. The second-order valence-electron chi connectivity index (χ2n) is 4.88. The summed E-state index contributed by atoms with van der Waals surface area (Å²) < 4.78 is 182. The molecule has 28 heavy (non-hydrogen) atoms. The van der Waals surface area contributed by atoms with Gasteiger partial charge in [0.05, 0.1) is 0 Å². The molecule has 0 aliphatic carbocycles. The molecule has 2 unspecified atom stereocenters. The van der Waals surface area contributed by atoms with Crippen molar-refractivity contribution in [1.29, 1.82) is 0 Å². The predicted octanol–water partition coefficient (Wildman–Crippen LogP) is 3.21. The maximum absolute atomic E-state index is 14.1. The van der Waals surface area contributed by atoms with Gasteiger partial charge < -0.3 is 0 Å². The first-order valence-corrected chi connectivity index (χ1v) is 10.0. The molecule has 0 amide bonds. The summed E-state index contributed by atoms with van der Waals surface area (Å²) in [7, 11) is -7.57. The molecular weight excluding hydrogens is 699 g/mol. The molecule has 19 heteroatoms. The Morgan fingerprint density at radius 2 is 1.54 bits per heavy atom. The molecule has 0 radical (unpaired) electrons. The van der Waals surface area contributed by atoms with Crippen LogP contribution in [0.25, 0.3) is 0 Å². The van der Waals surface area contributed by atoms with Gasteiger partial charge in [-0.05, 0) is 0 Å². The van der Waals surface area contributed by atoms with Crippen LogP contribution < -0.4 is 0 Å². The van der Waals surface area contributed by atoms with E-state index in [0.29, 0.717) is 0 Å². The average molecular weight is 704 g/mol. The topological polar surface area (TPSA) is 61.8 Å². The van der Waals surface area contributed by atoms with Gasteiger partial charge in [0.25, 0.3) is 0 Å². The Labute approximate surface area is 142 Å². The first-order chi connectivity index (χ1) is 12.0. The van der Waals surface area contributed by atoms with Gasteiger partial charge in [-0.2, -0.15) is 0 Å². The Kier molecular flexibility index (Phi) is 5.27. The molecule has 1 fully saturated rings. The number of alkyl halides is 9. The molecule has 2 atom stereocenters. The summed E-state index contributed by atoms with van der Waals surface area (Å²) >= 11 is 0. The summed E-state index contributed by atoms with van der Waals surface area (Å²) in [4.78, 5) is 0. The third-order valence-electron chi connectivity index (χ3n) is 2.87. The van der Waals surface area contributed by atoms with E-state index < -0.39 is 59.3 Å². The van der Waals surface area contributed by atoms with Gasteiger partial charge in [0.15, 0.2) is 0 Å². The first-order valence-electron chi connectivity index (χ1n) is 6.00. The average Bonchev–Trinajstić information content (AvgIpc) is 2.74. The van der Waals surface area contributed by atoms with E-state index in [0.717, 1.165) is 0 Å². The molecule has 0 aromatic carbocycles. The van der Waals surface area contributed by atoms with E-state index in [-0.39, 0.29) is 6.92 Å². The fraction of sp³-hybridized carbons (Fsp3) is 0.889. The van der Waals surface area contributed by atoms with Crippen LogP contribution in [-0.4, -0.2) is 57.5 Å². The Bertz CT molecular complexity index is 753. The third-order valence-corrected chi connectivity index (χ3v) is 6.24. The number of halogens is 12. The van der Waals surface area contributed by atoms with Crippen molar-refractivity contribution in [3.05, 3.63) is 0 Å². The van der Waals surface area contributed by atoms with E-state index in [2.05, 4.69) is 14.2 Å². The second kappa shape index (κ2) is 6.18. The summed E-state index contributed by atoms with van der Waals surface area (Å²) in [5, 5.41) is -6.95. The van der Waals surface area contributed by atoms with Crippen LogP contribution in [0.15, 0.2) is 0 Å². The van der Waals surface area contributed by atoms with Gasteiger partial charge in [-0.25, -0.2) is 0 Å². The number of hydrogen-bond donors (Lipinski definition) is 0. The molecule has 0 aromatic heterocycles. The van der Waals surface area contributed by atoms with E-state index in [4.69, 9.17) is 0 Å². The molecule has 1 rings (SSSR count). The zero-order valence-corrected chi connectivity index (χ0v) is 16.0. The van der Waals surface area contributed by atoms with Gasteiger partial charge in [-0.3, -0.25) is 0 Å². The maximum atomic E-state index is 14.1. The van der Waals surface area contributed by atoms with Crippen LogP contribution in [0.3, 0.4) is 0 Å². The zero-order chi connectivity index (χ0) is 22.6. The van der Waals surface area contributed by atoms with E-state index in [1.807, 2.05) is 0 Å². The molecule has 171 valence electrons. The van der Waals surface area contributed by atoms with Crippen LogP contribution in [-0.2, 0) is 24.4 Å². The van der Waals surface area contributed by atoms with Crippen molar-refractivity contribution in [2.24, 2.45) is 0 Å². The molecule has 1 aliphatic heterocycles.